The molecule has 0 unspecified atom stereocenters. The largest absolute Gasteiger partial charge is 0.487 e. The van der Waals surface area contributed by atoms with Gasteiger partial charge in [0, 0.05) is 13.1 Å². The van der Waals surface area contributed by atoms with Gasteiger partial charge < -0.3 is 9.64 Å². The van der Waals surface area contributed by atoms with Gasteiger partial charge in [0.25, 0.3) is 5.91 Å². The first-order valence-corrected chi connectivity index (χ1v) is 11.3. The van der Waals surface area contributed by atoms with E-state index in [1.54, 1.807) is 29.2 Å². The van der Waals surface area contributed by atoms with Crippen molar-refractivity contribution < 1.29 is 9.53 Å². The van der Waals surface area contributed by atoms with E-state index in [1.165, 1.54) is 11.1 Å². The number of ether oxygens (including phenoxy) is 1. The van der Waals surface area contributed by atoms with E-state index in [4.69, 9.17) is 16.3 Å². The molecule has 4 nitrogen and oxygen atoms in total. The SMILES string of the molecule is CCN(CC)C(=O)C(C#N)=Cc1ccc(OCc2cccc(-c3ccccc3)c2C)c(Cl)c1. The molecule has 0 aliphatic rings. The minimum atomic E-state index is -0.285. The highest BCUT2D eigenvalue weighted by Gasteiger charge is 2.15. The van der Waals surface area contributed by atoms with Gasteiger partial charge in [-0.2, -0.15) is 5.26 Å². The molecule has 0 aromatic heterocycles. The van der Waals surface area contributed by atoms with Crippen molar-refractivity contribution in [2.45, 2.75) is 27.4 Å². The molecular formula is C28H27ClN2O2. The fraction of sp³-hybridized carbons (Fsp3) is 0.214. The van der Waals surface area contributed by atoms with Crippen molar-refractivity contribution in [1.29, 1.82) is 5.26 Å². The predicted molar refractivity (Wildman–Crippen MR) is 134 cm³/mol. The van der Waals surface area contributed by atoms with E-state index in [0.29, 0.717) is 36.0 Å². The molecule has 0 fully saturated rings. The molecule has 3 rings (SSSR count). The van der Waals surface area contributed by atoms with Crippen molar-refractivity contribution in [3.05, 3.63) is 94.0 Å². The molecule has 0 saturated carbocycles. The number of rotatable bonds is 8. The van der Waals surface area contributed by atoms with Gasteiger partial charge in [-0.15, -0.1) is 0 Å². The lowest BCUT2D eigenvalue weighted by Gasteiger charge is -2.17. The van der Waals surface area contributed by atoms with Crippen LogP contribution in [0.5, 0.6) is 5.75 Å². The average Bonchev–Trinajstić information content (AvgIpc) is 2.84. The van der Waals surface area contributed by atoms with Crippen LogP contribution >= 0.6 is 11.6 Å². The summed E-state index contributed by atoms with van der Waals surface area (Å²) in [6.45, 7) is 7.34. The van der Waals surface area contributed by atoms with Crippen molar-refractivity contribution in [3.8, 4) is 22.9 Å². The summed E-state index contributed by atoms with van der Waals surface area (Å²) in [5, 5.41) is 9.86. The molecule has 168 valence electrons. The molecule has 0 bridgehead atoms. The standard InChI is InChI=1S/C28H27ClN2O2/c1-4-31(5-2)28(32)24(18-30)16-21-14-15-27(26(29)17-21)33-19-23-12-9-13-25(20(23)3)22-10-7-6-8-11-22/h6-17H,4-5,19H2,1-3H3. The van der Waals surface area contributed by atoms with E-state index in [0.717, 1.165) is 11.1 Å². The van der Waals surface area contributed by atoms with E-state index in [2.05, 4.69) is 25.1 Å². The minimum absolute atomic E-state index is 0.0804. The number of amides is 1. The van der Waals surface area contributed by atoms with Crippen molar-refractivity contribution in [2.24, 2.45) is 0 Å². The third kappa shape index (κ3) is 5.83. The zero-order valence-electron chi connectivity index (χ0n) is 19.1. The summed E-state index contributed by atoms with van der Waals surface area (Å²) >= 11 is 6.45. The van der Waals surface area contributed by atoms with Gasteiger partial charge in [-0.25, -0.2) is 0 Å². The Morgan fingerprint density at radius 3 is 2.42 bits per heavy atom. The van der Waals surface area contributed by atoms with Crippen LogP contribution < -0.4 is 4.74 Å². The summed E-state index contributed by atoms with van der Waals surface area (Å²) in [5.74, 6) is 0.264. The average molecular weight is 459 g/mol. The number of likely N-dealkylation sites (N-methyl/N-ethyl adjacent to an activating group) is 1. The molecule has 0 saturated heterocycles. The summed E-state index contributed by atoms with van der Waals surface area (Å²) in [6.07, 6.45) is 1.56. The van der Waals surface area contributed by atoms with Crippen LogP contribution in [0.3, 0.4) is 0 Å². The Morgan fingerprint density at radius 1 is 1.06 bits per heavy atom. The van der Waals surface area contributed by atoms with Gasteiger partial charge in [0.05, 0.1) is 5.02 Å². The van der Waals surface area contributed by atoms with E-state index < -0.39 is 0 Å². The lowest BCUT2D eigenvalue weighted by Crippen LogP contribution is -2.31. The first-order valence-electron chi connectivity index (χ1n) is 11.0. The highest BCUT2D eigenvalue weighted by Crippen LogP contribution is 2.30. The van der Waals surface area contributed by atoms with Gasteiger partial charge in [0.15, 0.2) is 0 Å². The number of benzene rings is 3. The highest BCUT2D eigenvalue weighted by atomic mass is 35.5. The molecule has 0 N–H and O–H groups in total. The molecule has 0 atom stereocenters. The molecule has 1 amide bonds. The Hall–Kier alpha value is -3.55. The molecular weight excluding hydrogens is 432 g/mol. The monoisotopic (exact) mass is 458 g/mol. The van der Waals surface area contributed by atoms with Crippen molar-refractivity contribution in [1.82, 2.24) is 4.90 Å². The molecule has 3 aromatic carbocycles. The van der Waals surface area contributed by atoms with Crippen LogP contribution in [0.2, 0.25) is 5.02 Å². The summed E-state index contributed by atoms with van der Waals surface area (Å²) in [4.78, 5) is 14.1. The molecule has 0 spiro atoms. The zero-order valence-corrected chi connectivity index (χ0v) is 19.9. The molecule has 0 radical (unpaired) electrons. The fourth-order valence-electron chi connectivity index (χ4n) is 3.64. The molecule has 5 heteroatoms. The maximum absolute atomic E-state index is 12.5. The topological polar surface area (TPSA) is 53.3 Å². The number of carbonyl (C=O) groups excluding carboxylic acids is 1. The maximum atomic E-state index is 12.5. The molecule has 33 heavy (non-hydrogen) atoms. The van der Waals surface area contributed by atoms with Gasteiger partial charge in [0.1, 0.15) is 24.0 Å². The normalized spacial score (nSPS) is 11.1. The molecule has 3 aromatic rings. The number of hydrogen-bond acceptors (Lipinski definition) is 3. The van der Waals surface area contributed by atoms with Crippen LogP contribution in [0.4, 0.5) is 0 Å². The van der Waals surface area contributed by atoms with Crippen LogP contribution in [-0.2, 0) is 11.4 Å². The van der Waals surface area contributed by atoms with Crippen LogP contribution in [0.1, 0.15) is 30.5 Å². The van der Waals surface area contributed by atoms with Crippen molar-refractivity contribution in [2.75, 3.05) is 13.1 Å². The molecule has 0 aliphatic carbocycles. The maximum Gasteiger partial charge on any atom is 0.264 e. The number of hydrogen-bond donors (Lipinski definition) is 0. The number of nitriles is 1. The van der Waals surface area contributed by atoms with Gasteiger partial charge in [-0.1, -0.05) is 66.2 Å². The lowest BCUT2D eigenvalue weighted by atomic mass is 9.97. The Kier molecular flexibility index (Phi) is 8.29. The second-order valence-electron chi connectivity index (χ2n) is 7.58. The van der Waals surface area contributed by atoms with Gasteiger partial charge in [-0.3, -0.25) is 4.79 Å². The summed E-state index contributed by atoms with van der Waals surface area (Å²) in [7, 11) is 0. The fourth-order valence-corrected chi connectivity index (χ4v) is 3.88. The zero-order chi connectivity index (χ0) is 23.8. The summed E-state index contributed by atoms with van der Waals surface area (Å²) in [5.41, 5.74) is 5.33. The minimum Gasteiger partial charge on any atom is -0.487 e. The second kappa shape index (κ2) is 11.4. The first-order chi connectivity index (χ1) is 16.0. The number of halogens is 1. The van der Waals surface area contributed by atoms with E-state index >= 15 is 0 Å². The number of carbonyl (C=O) groups is 1. The van der Waals surface area contributed by atoms with E-state index in [1.807, 2.05) is 50.2 Å². The van der Waals surface area contributed by atoms with Crippen LogP contribution in [0.15, 0.2) is 72.3 Å². The lowest BCUT2D eigenvalue weighted by molar-refractivity contribution is -0.126. The predicted octanol–water partition coefficient (Wildman–Crippen LogP) is 6.67. The third-order valence-electron chi connectivity index (χ3n) is 5.58. The quantitative estimate of drug-likeness (QED) is 0.280. The summed E-state index contributed by atoms with van der Waals surface area (Å²) in [6, 6.07) is 23.7. The molecule has 0 aliphatic heterocycles. The van der Waals surface area contributed by atoms with Crippen LogP contribution in [0.25, 0.3) is 17.2 Å². The van der Waals surface area contributed by atoms with Gasteiger partial charge in [-0.05, 0) is 66.8 Å². The van der Waals surface area contributed by atoms with E-state index in [9.17, 15) is 10.1 Å². The van der Waals surface area contributed by atoms with Gasteiger partial charge in [0.2, 0.25) is 0 Å². The second-order valence-corrected chi connectivity index (χ2v) is 7.99. The Morgan fingerprint density at radius 2 is 1.79 bits per heavy atom. The van der Waals surface area contributed by atoms with Crippen LogP contribution in [-0.4, -0.2) is 23.9 Å². The van der Waals surface area contributed by atoms with Crippen LogP contribution in [0, 0.1) is 18.3 Å². The smallest absolute Gasteiger partial charge is 0.264 e. The highest BCUT2D eigenvalue weighted by molar-refractivity contribution is 6.32. The third-order valence-corrected chi connectivity index (χ3v) is 5.88. The molecule has 0 heterocycles. The Bertz CT molecular complexity index is 1190. The van der Waals surface area contributed by atoms with Crippen molar-refractivity contribution in [3.63, 3.8) is 0 Å². The first kappa shape index (κ1) is 24.1. The Labute approximate surface area is 200 Å². The number of nitrogens with zero attached hydrogens (tertiary/aromatic N) is 2. The van der Waals surface area contributed by atoms with E-state index in [-0.39, 0.29) is 11.5 Å². The van der Waals surface area contributed by atoms with Crippen molar-refractivity contribution >= 4 is 23.6 Å². The Balaban J connectivity index is 1.77. The summed E-state index contributed by atoms with van der Waals surface area (Å²) < 4.78 is 6.01. The van der Waals surface area contributed by atoms with Gasteiger partial charge >= 0.3 is 0 Å².